The molecule has 5 heteroatoms. The minimum absolute atomic E-state index is 0.505. The molecule has 0 bridgehead atoms. The van der Waals surface area contributed by atoms with Gasteiger partial charge in [0.05, 0.1) is 10.9 Å². The van der Waals surface area contributed by atoms with Crippen LogP contribution in [0.3, 0.4) is 0 Å². The molecule has 3 heterocycles. The summed E-state index contributed by atoms with van der Waals surface area (Å²) >= 11 is 6.16. The first-order valence-corrected chi connectivity index (χ1v) is 6.02. The summed E-state index contributed by atoms with van der Waals surface area (Å²) in [7, 11) is 0. The topological polar surface area (TPSA) is 46.5 Å². The van der Waals surface area contributed by atoms with Gasteiger partial charge in [0.2, 0.25) is 0 Å². The normalized spacial score (nSPS) is 12.0. The Morgan fingerprint density at radius 1 is 1.41 bits per heavy atom. The number of H-pyrrole nitrogens is 1. The number of nitrogens with zero attached hydrogens (tertiary/aromatic N) is 3. The van der Waals surface area contributed by atoms with Crippen LogP contribution in [0.2, 0.25) is 5.15 Å². The molecule has 0 saturated carbocycles. The number of pyridine rings is 1. The minimum atomic E-state index is 0.505. The van der Waals surface area contributed by atoms with E-state index in [0.29, 0.717) is 16.7 Å². The van der Waals surface area contributed by atoms with Crippen molar-refractivity contribution in [2.75, 3.05) is 0 Å². The molecule has 88 valence electrons. The summed E-state index contributed by atoms with van der Waals surface area (Å²) < 4.78 is 2.11. The van der Waals surface area contributed by atoms with Crippen LogP contribution in [0, 0.1) is 5.92 Å². The lowest BCUT2D eigenvalue weighted by molar-refractivity contribution is 0.496. The molecule has 0 fully saturated rings. The van der Waals surface area contributed by atoms with Crippen molar-refractivity contribution in [2.45, 2.75) is 20.4 Å². The lowest BCUT2D eigenvalue weighted by Crippen LogP contribution is -2.05. The van der Waals surface area contributed by atoms with Gasteiger partial charge >= 0.3 is 0 Å². The third-order valence-electron chi connectivity index (χ3n) is 2.80. The van der Waals surface area contributed by atoms with Crippen LogP contribution in [0.5, 0.6) is 0 Å². The van der Waals surface area contributed by atoms with E-state index in [0.717, 1.165) is 22.8 Å². The maximum absolute atomic E-state index is 6.16. The van der Waals surface area contributed by atoms with Gasteiger partial charge in [-0.3, -0.25) is 4.68 Å². The van der Waals surface area contributed by atoms with Crippen molar-refractivity contribution in [3.63, 3.8) is 0 Å². The van der Waals surface area contributed by atoms with Gasteiger partial charge in [0, 0.05) is 24.3 Å². The predicted octanol–water partition coefficient (Wildman–Crippen LogP) is 3.22. The highest BCUT2D eigenvalue weighted by molar-refractivity contribution is 6.35. The predicted molar refractivity (Wildman–Crippen MR) is 69.2 cm³/mol. The Balaban J connectivity index is 2.38. The first-order valence-electron chi connectivity index (χ1n) is 5.64. The lowest BCUT2D eigenvalue weighted by Gasteiger charge is -2.08. The Bertz CT molecular complexity index is 680. The SMILES string of the molecule is CC(C)Cn1[nH]cc2c(Cl)nc3nccc3c21. The van der Waals surface area contributed by atoms with Crippen molar-refractivity contribution >= 4 is 33.5 Å². The van der Waals surface area contributed by atoms with Gasteiger partial charge in [0.15, 0.2) is 5.65 Å². The van der Waals surface area contributed by atoms with Gasteiger partial charge in [-0.25, -0.2) is 9.97 Å². The number of aromatic amines is 1. The zero-order chi connectivity index (χ0) is 12.0. The van der Waals surface area contributed by atoms with Gasteiger partial charge in [-0.1, -0.05) is 25.4 Å². The molecule has 0 aliphatic heterocycles. The van der Waals surface area contributed by atoms with Crippen LogP contribution in [0.25, 0.3) is 21.9 Å². The quantitative estimate of drug-likeness (QED) is 0.708. The average molecular weight is 249 g/mol. The van der Waals surface area contributed by atoms with E-state index in [-0.39, 0.29) is 0 Å². The number of nitrogens with one attached hydrogen (secondary N) is 1. The van der Waals surface area contributed by atoms with E-state index in [2.05, 4.69) is 33.6 Å². The van der Waals surface area contributed by atoms with Gasteiger partial charge < -0.3 is 5.10 Å². The average Bonchev–Trinajstić information content (AvgIpc) is 2.83. The lowest BCUT2D eigenvalue weighted by atomic mass is 10.2. The number of hydrogen-bond donors (Lipinski definition) is 1. The number of halogens is 1. The molecule has 4 nitrogen and oxygen atoms in total. The van der Waals surface area contributed by atoms with Crippen molar-refractivity contribution in [2.24, 2.45) is 5.92 Å². The van der Waals surface area contributed by atoms with Gasteiger partial charge in [-0.15, -0.1) is 0 Å². The van der Waals surface area contributed by atoms with Gasteiger partial charge in [-0.2, -0.15) is 0 Å². The Kier molecular flexibility index (Phi) is 2.33. The summed E-state index contributed by atoms with van der Waals surface area (Å²) in [6.07, 6.45) is 3.67. The Morgan fingerprint density at radius 2 is 2.24 bits per heavy atom. The second-order valence-corrected chi connectivity index (χ2v) is 4.98. The van der Waals surface area contributed by atoms with E-state index in [1.807, 2.05) is 12.3 Å². The van der Waals surface area contributed by atoms with Crippen LogP contribution >= 0.6 is 11.6 Å². The summed E-state index contributed by atoms with van der Waals surface area (Å²) in [4.78, 5) is 8.48. The zero-order valence-corrected chi connectivity index (χ0v) is 10.5. The maximum Gasteiger partial charge on any atom is 0.163 e. The molecule has 17 heavy (non-hydrogen) atoms. The van der Waals surface area contributed by atoms with Crippen LogP contribution in [0.4, 0.5) is 0 Å². The molecule has 0 spiro atoms. The highest BCUT2D eigenvalue weighted by Crippen LogP contribution is 2.28. The maximum atomic E-state index is 6.16. The fraction of sp³-hybridized carbons (Fsp3) is 0.333. The molecular formula is C12H13ClN4. The molecule has 0 aliphatic rings. The fourth-order valence-electron chi connectivity index (χ4n) is 2.13. The Labute approximate surface area is 104 Å². The molecule has 0 aromatic carbocycles. The van der Waals surface area contributed by atoms with E-state index < -0.39 is 0 Å². The van der Waals surface area contributed by atoms with E-state index in [1.54, 1.807) is 6.20 Å². The van der Waals surface area contributed by atoms with Crippen molar-refractivity contribution < 1.29 is 0 Å². The van der Waals surface area contributed by atoms with E-state index >= 15 is 0 Å². The first-order chi connectivity index (χ1) is 8.16. The van der Waals surface area contributed by atoms with Crippen LogP contribution in [0.15, 0.2) is 18.5 Å². The summed E-state index contributed by atoms with van der Waals surface area (Å²) in [5, 5.41) is 5.74. The summed E-state index contributed by atoms with van der Waals surface area (Å²) in [6, 6.07) is 1.98. The zero-order valence-electron chi connectivity index (χ0n) is 9.74. The third kappa shape index (κ3) is 1.60. The molecule has 3 aromatic heterocycles. The van der Waals surface area contributed by atoms with Crippen LogP contribution < -0.4 is 0 Å². The first kappa shape index (κ1) is 10.6. The molecule has 0 radical (unpaired) electrons. The summed E-state index contributed by atoms with van der Waals surface area (Å²) in [5.74, 6) is 0.562. The second kappa shape index (κ2) is 3.74. The molecule has 0 unspecified atom stereocenters. The molecule has 0 aliphatic carbocycles. The largest absolute Gasteiger partial charge is 0.305 e. The van der Waals surface area contributed by atoms with Crippen LogP contribution in [-0.2, 0) is 6.54 Å². The van der Waals surface area contributed by atoms with Crippen molar-refractivity contribution in [3.05, 3.63) is 23.6 Å². The smallest absolute Gasteiger partial charge is 0.163 e. The third-order valence-corrected chi connectivity index (χ3v) is 3.09. The van der Waals surface area contributed by atoms with Gasteiger partial charge in [0.1, 0.15) is 5.15 Å². The summed E-state index contributed by atoms with van der Waals surface area (Å²) in [5.41, 5.74) is 1.80. The molecule has 3 aromatic rings. The van der Waals surface area contributed by atoms with Crippen molar-refractivity contribution in [3.8, 4) is 0 Å². The molecule has 0 saturated heterocycles. The van der Waals surface area contributed by atoms with E-state index in [4.69, 9.17) is 11.6 Å². The number of aromatic nitrogens is 4. The van der Waals surface area contributed by atoms with Gasteiger partial charge in [0.25, 0.3) is 0 Å². The van der Waals surface area contributed by atoms with E-state index in [9.17, 15) is 0 Å². The highest BCUT2D eigenvalue weighted by Gasteiger charge is 2.13. The minimum Gasteiger partial charge on any atom is -0.305 e. The fourth-order valence-corrected chi connectivity index (χ4v) is 2.36. The van der Waals surface area contributed by atoms with Gasteiger partial charge in [-0.05, 0) is 12.0 Å². The summed E-state index contributed by atoms with van der Waals surface area (Å²) in [6.45, 7) is 5.29. The van der Waals surface area contributed by atoms with Crippen molar-refractivity contribution in [1.82, 2.24) is 19.7 Å². The molecule has 3 rings (SSSR count). The number of rotatable bonds is 2. The van der Waals surface area contributed by atoms with Crippen molar-refractivity contribution in [1.29, 1.82) is 0 Å². The molecule has 0 amide bonds. The number of hydrogen-bond acceptors (Lipinski definition) is 2. The highest BCUT2D eigenvalue weighted by atomic mass is 35.5. The Hall–Kier alpha value is -1.55. The second-order valence-electron chi connectivity index (χ2n) is 4.62. The van der Waals surface area contributed by atoms with Crippen LogP contribution in [-0.4, -0.2) is 19.7 Å². The van der Waals surface area contributed by atoms with E-state index in [1.165, 1.54) is 0 Å². The molecule has 0 atom stereocenters. The Morgan fingerprint density at radius 3 is 3.00 bits per heavy atom. The monoisotopic (exact) mass is 248 g/mol. The van der Waals surface area contributed by atoms with Crippen LogP contribution in [0.1, 0.15) is 13.8 Å². The molecular weight excluding hydrogens is 236 g/mol. The standard InChI is InChI=1S/C12H13ClN4/c1-7(2)6-17-10-8-3-4-14-12(8)16-11(13)9(10)5-15-17/h3-5,7,15H,6H2,1-2H3. The molecule has 1 N–H and O–H groups in total. The number of fused-ring (bicyclic) bond motifs is 3.